The molecule has 1 aromatic rings. The van der Waals surface area contributed by atoms with E-state index < -0.39 is 0 Å². The lowest BCUT2D eigenvalue weighted by molar-refractivity contribution is 0.190. The molecule has 1 aliphatic rings. The van der Waals surface area contributed by atoms with E-state index in [-0.39, 0.29) is 0 Å². The van der Waals surface area contributed by atoms with Crippen LogP contribution in [0.1, 0.15) is 6.92 Å². The summed E-state index contributed by atoms with van der Waals surface area (Å²) in [5.41, 5.74) is 2.32. The number of benzene rings is 1. The number of methoxy groups -OCH3 is 1. The Bertz CT molecular complexity index is 389. The second-order valence-electron chi connectivity index (χ2n) is 5.25. The zero-order chi connectivity index (χ0) is 13.7. The van der Waals surface area contributed by atoms with E-state index in [0.717, 1.165) is 31.9 Å². The Balaban J connectivity index is 1.98. The molecule has 4 nitrogen and oxygen atoms in total. The Kier molecular flexibility index (Phi) is 5.05. The molecule has 4 heteroatoms. The van der Waals surface area contributed by atoms with Crippen molar-refractivity contribution in [3.63, 3.8) is 0 Å². The van der Waals surface area contributed by atoms with Gasteiger partial charge in [-0.25, -0.2) is 0 Å². The number of likely N-dealkylation sites (N-methyl/N-ethyl adjacent to an activating group) is 1. The minimum atomic E-state index is 0.295. The molecule has 19 heavy (non-hydrogen) atoms. The molecule has 1 atom stereocenters. The molecular formula is C15H24N3O. The molecule has 1 saturated heterocycles. The van der Waals surface area contributed by atoms with Gasteiger partial charge < -0.3 is 19.9 Å². The van der Waals surface area contributed by atoms with Crippen molar-refractivity contribution in [1.29, 1.82) is 0 Å². The molecule has 1 aromatic carbocycles. The summed E-state index contributed by atoms with van der Waals surface area (Å²) in [6.45, 7) is 7.25. The summed E-state index contributed by atoms with van der Waals surface area (Å²) in [5, 5.41) is 3.41. The molecule has 1 unspecified atom stereocenters. The maximum absolute atomic E-state index is 5.14. The van der Waals surface area contributed by atoms with E-state index in [1.807, 2.05) is 6.07 Å². The van der Waals surface area contributed by atoms with Crippen molar-refractivity contribution in [3.8, 4) is 0 Å². The molecule has 2 rings (SSSR count). The average molecular weight is 262 g/mol. The molecule has 1 heterocycles. The smallest absolute Gasteiger partial charge is 0.0661 e. The largest absolute Gasteiger partial charge is 0.383 e. The van der Waals surface area contributed by atoms with Crippen LogP contribution >= 0.6 is 0 Å². The van der Waals surface area contributed by atoms with Crippen LogP contribution in [0.15, 0.2) is 18.2 Å². The number of piperazine rings is 1. The summed E-state index contributed by atoms with van der Waals surface area (Å²) in [6.07, 6.45) is 0. The van der Waals surface area contributed by atoms with Crippen LogP contribution in [-0.2, 0) is 4.74 Å². The van der Waals surface area contributed by atoms with Gasteiger partial charge in [-0.1, -0.05) is 6.07 Å². The Morgan fingerprint density at radius 3 is 2.79 bits per heavy atom. The number of nitrogens with one attached hydrogen (secondary N) is 1. The minimum Gasteiger partial charge on any atom is -0.383 e. The molecule has 1 fully saturated rings. The number of ether oxygens (including phenoxy) is 1. The zero-order valence-electron chi connectivity index (χ0n) is 12.1. The van der Waals surface area contributed by atoms with Gasteiger partial charge in [-0.2, -0.15) is 0 Å². The number of hydrogen-bond acceptors (Lipinski definition) is 4. The van der Waals surface area contributed by atoms with Crippen LogP contribution < -0.4 is 10.2 Å². The van der Waals surface area contributed by atoms with E-state index >= 15 is 0 Å². The van der Waals surface area contributed by atoms with E-state index in [1.165, 1.54) is 5.69 Å². The maximum atomic E-state index is 5.14. The minimum absolute atomic E-state index is 0.295. The van der Waals surface area contributed by atoms with Crippen LogP contribution in [0.25, 0.3) is 0 Å². The highest BCUT2D eigenvalue weighted by atomic mass is 16.5. The van der Waals surface area contributed by atoms with E-state index in [0.29, 0.717) is 12.6 Å². The van der Waals surface area contributed by atoms with Crippen molar-refractivity contribution < 1.29 is 4.74 Å². The SMILES string of the molecule is COCC(C)Nc1[c]ccc(N2CCN(C)CC2)c1. The highest BCUT2D eigenvalue weighted by Gasteiger charge is 2.14. The van der Waals surface area contributed by atoms with Crippen LogP contribution in [0.5, 0.6) is 0 Å². The summed E-state index contributed by atoms with van der Waals surface area (Å²) < 4.78 is 5.14. The summed E-state index contributed by atoms with van der Waals surface area (Å²) in [7, 11) is 3.90. The molecule has 1 radical (unpaired) electrons. The van der Waals surface area contributed by atoms with Gasteiger partial charge in [-0.15, -0.1) is 0 Å². The standard InChI is InChI=1S/C15H24N3O/c1-13(12-19-3)16-14-5-4-6-15(11-14)18-9-7-17(2)8-10-18/h4,6,11,13,16H,7-10,12H2,1-3H3. The van der Waals surface area contributed by atoms with Gasteiger partial charge in [-0.3, -0.25) is 0 Å². The van der Waals surface area contributed by atoms with Crippen molar-refractivity contribution in [1.82, 2.24) is 4.90 Å². The molecule has 0 spiro atoms. The second-order valence-corrected chi connectivity index (χ2v) is 5.25. The van der Waals surface area contributed by atoms with E-state index in [2.05, 4.69) is 47.3 Å². The van der Waals surface area contributed by atoms with Crippen molar-refractivity contribution >= 4 is 11.4 Å². The normalized spacial score (nSPS) is 18.4. The number of hydrogen-bond donors (Lipinski definition) is 1. The van der Waals surface area contributed by atoms with E-state index in [9.17, 15) is 0 Å². The molecule has 1 aliphatic heterocycles. The van der Waals surface area contributed by atoms with Crippen molar-refractivity contribution in [2.24, 2.45) is 0 Å². The highest BCUT2D eigenvalue weighted by Crippen LogP contribution is 2.20. The van der Waals surface area contributed by atoms with Crippen LogP contribution in [0.3, 0.4) is 0 Å². The molecule has 0 aliphatic carbocycles. The number of anilines is 2. The summed E-state index contributed by atoms with van der Waals surface area (Å²) in [5.74, 6) is 0. The summed E-state index contributed by atoms with van der Waals surface area (Å²) >= 11 is 0. The van der Waals surface area contributed by atoms with Crippen molar-refractivity contribution in [2.75, 3.05) is 57.2 Å². The van der Waals surface area contributed by atoms with Gasteiger partial charge in [0.2, 0.25) is 0 Å². The van der Waals surface area contributed by atoms with Gasteiger partial charge in [0.1, 0.15) is 0 Å². The fraction of sp³-hybridized carbons (Fsp3) is 0.600. The molecule has 0 bridgehead atoms. The Morgan fingerprint density at radius 2 is 2.11 bits per heavy atom. The first-order valence-corrected chi connectivity index (χ1v) is 6.89. The first-order valence-electron chi connectivity index (χ1n) is 6.89. The first-order chi connectivity index (χ1) is 9.19. The maximum Gasteiger partial charge on any atom is 0.0661 e. The molecule has 105 valence electrons. The highest BCUT2D eigenvalue weighted by molar-refractivity contribution is 5.58. The lowest BCUT2D eigenvalue weighted by Crippen LogP contribution is -2.44. The fourth-order valence-corrected chi connectivity index (χ4v) is 2.36. The van der Waals surface area contributed by atoms with Crippen LogP contribution in [0, 0.1) is 6.07 Å². The third-order valence-electron chi connectivity index (χ3n) is 3.47. The average Bonchev–Trinajstić information content (AvgIpc) is 2.40. The molecule has 0 saturated carbocycles. The Labute approximate surface area is 116 Å². The molecule has 1 N–H and O–H groups in total. The number of nitrogens with zero attached hydrogens (tertiary/aromatic N) is 2. The monoisotopic (exact) mass is 262 g/mol. The lowest BCUT2D eigenvalue weighted by atomic mass is 10.2. The third kappa shape index (κ3) is 4.11. The van der Waals surface area contributed by atoms with E-state index in [1.54, 1.807) is 7.11 Å². The Morgan fingerprint density at radius 1 is 1.37 bits per heavy atom. The summed E-state index contributed by atoms with van der Waals surface area (Å²) in [6, 6.07) is 9.85. The van der Waals surface area contributed by atoms with Gasteiger partial charge in [0, 0.05) is 56.8 Å². The molecular weight excluding hydrogens is 238 g/mol. The van der Waals surface area contributed by atoms with Crippen LogP contribution in [0.2, 0.25) is 0 Å². The Hall–Kier alpha value is -1.26. The van der Waals surface area contributed by atoms with Gasteiger partial charge in [0.25, 0.3) is 0 Å². The predicted octanol–water partition coefficient (Wildman–Crippen LogP) is 1.69. The summed E-state index contributed by atoms with van der Waals surface area (Å²) in [4.78, 5) is 4.80. The lowest BCUT2D eigenvalue weighted by Gasteiger charge is -2.34. The van der Waals surface area contributed by atoms with Gasteiger partial charge >= 0.3 is 0 Å². The van der Waals surface area contributed by atoms with Crippen LogP contribution in [0.4, 0.5) is 11.4 Å². The topological polar surface area (TPSA) is 27.7 Å². The van der Waals surface area contributed by atoms with Gasteiger partial charge in [0.05, 0.1) is 6.61 Å². The molecule has 0 amide bonds. The first kappa shape index (κ1) is 14.2. The zero-order valence-corrected chi connectivity index (χ0v) is 12.1. The van der Waals surface area contributed by atoms with E-state index in [4.69, 9.17) is 4.74 Å². The van der Waals surface area contributed by atoms with Gasteiger partial charge in [-0.05, 0) is 26.1 Å². The predicted molar refractivity (Wildman–Crippen MR) is 79.9 cm³/mol. The molecule has 0 aromatic heterocycles. The third-order valence-corrected chi connectivity index (χ3v) is 3.47. The van der Waals surface area contributed by atoms with Crippen molar-refractivity contribution in [2.45, 2.75) is 13.0 Å². The second kappa shape index (κ2) is 6.78. The van der Waals surface area contributed by atoms with Gasteiger partial charge in [0.15, 0.2) is 0 Å². The van der Waals surface area contributed by atoms with Crippen LogP contribution in [-0.4, -0.2) is 57.9 Å². The van der Waals surface area contributed by atoms with Crippen molar-refractivity contribution in [3.05, 3.63) is 24.3 Å². The quantitative estimate of drug-likeness (QED) is 0.874. The fourth-order valence-electron chi connectivity index (χ4n) is 2.36. The number of rotatable bonds is 5.